The standard InChI is InChI=1S/C47H85N3O14.3C2H6S2/c1-39(46(57)58)22-18-19-27-49-43(53)37-64-38-44(54)50-29-21-31-62-33-35-63-34-32-61-30-20-28-48-42(52)26-25-40(47(59)60)36-41(51)23-16-14-12-10-8-6-4-2-3-5-7-9-11-13-15-17-24-45(55)56;3*1-3-4-2/h39-40H,2-38H2,1H3,(H,48,52)(H,49,53)(H,50,54)(H,55,56)(H,57,58)(H,59,60);3*1-2H3/t39-,40+;;;/m0.../s1. The fourth-order valence-electron chi connectivity index (χ4n) is 6.77. The van der Waals surface area contributed by atoms with Crippen LogP contribution in [0.5, 0.6) is 0 Å². The van der Waals surface area contributed by atoms with Crippen LogP contribution in [0.1, 0.15) is 174 Å². The first-order valence-corrected chi connectivity index (χ1v) is 36.1. The number of hydrogen-bond donors (Lipinski definition) is 6. The first-order valence-electron chi connectivity index (χ1n) is 27.2. The van der Waals surface area contributed by atoms with Crippen molar-refractivity contribution in [3.8, 4) is 0 Å². The number of aliphatic carboxylic acids is 3. The Morgan fingerprint density at radius 3 is 1.11 bits per heavy atom. The van der Waals surface area contributed by atoms with Gasteiger partial charge in [-0.2, -0.15) is 0 Å². The molecule has 0 heterocycles. The van der Waals surface area contributed by atoms with Gasteiger partial charge in [0.05, 0.1) is 38.3 Å². The molecule has 0 aromatic rings. The van der Waals surface area contributed by atoms with E-state index in [9.17, 15) is 38.7 Å². The van der Waals surface area contributed by atoms with E-state index in [4.69, 9.17) is 29.2 Å². The fourth-order valence-corrected chi connectivity index (χ4v) is 6.77. The Labute approximate surface area is 482 Å². The summed E-state index contributed by atoms with van der Waals surface area (Å²) in [4.78, 5) is 81.4. The molecule has 6 N–H and O–H groups in total. The van der Waals surface area contributed by atoms with E-state index in [1.807, 2.05) is 0 Å². The van der Waals surface area contributed by atoms with Crippen molar-refractivity contribution in [3.63, 3.8) is 0 Å². The average molecular weight is 1200 g/mol. The molecule has 3 amide bonds. The van der Waals surface area contributed by atoms with Gasteiger partial charge in [-0.1, -0.05) is 168 Å². The molecule has 0 aliphatic heterocycles. The minimum absolute atomic E-state index is 0.0401. The van der Waals surface area contributed by atoms with E-state index in [2.05, 4.69) is 53.5 Å². The van der Waals surface area contributed by atoms with E-state index >= 15 is 0 Å². The summed E-state index contributed by atoms with van der Waals surface area (Å²) in [5.74, 6) is -4.81. The molecule has 0 rings (SSSR count). The predicted octanol–water partition coefficient (Wildman–Crippen LogP) is 11.5. The number of rotatable bonds is 52. The molecule has 0 saturated carbocycles. The van der Waals surface area contributed by atoms with Crippen molar-refractivity contribution in [3.05, 3.63) is 0 Å². The molecule has 0 aromatic carbocycles. The number of amides is 3. The quantitative estimate of drug-likeness (QED) is 0.0244. The summed E-state index contributed by atoms with van der Waals surface area (Å²) < 4.78 is 21.6. The normalized spacial score (nSPS) is 11.4. The highest BCUT2D eigenvalue weighted by Gasteiger charge is 2.22. The Kier molecular flexibility index (Phi) is 72.1. The van der Waals surface area contributed by atoms with Gasteiger partial charge >= 0.3 is 17.9 Å². The second-order valence-electron chi connectivity index (χ2n) is 17.7. The molecule has 0 radical (unpaired) electrons. The van der Waals surface area contributed by atoms with E-state index in [1.54, 1.807) is 71.7 Å². The molecule has 0 aliphatic carbocycles. The lowest BCUT2D eigenvalue weighted by Crippen LogP contribution is -2.33. The SMILES string of the molecule is CSSC.CSSC.CSSC.C[C@@H](CCCCNC(=O)COCC(=O)NCCCOCCOCCOCCCNC(=O)CC[C@H](CC(=O)CCCCCCCCCCCCCCCCCCC(=O)O)C(=O)O)C(=O)O. The largest absolute Gasteiger partial charge is 0.481 e. The number of nitrogens with one attached hydrogen (secondary N) is 3. The minimum Gasteiger partial charge on any atom is -0.481 e. The monoisotopic (exact) mass is 1200 g/mol. The second-order valence-corrected chi connectivity index (χ2v) is 25.7. The van der Waals surface area contributed by atoms with Gasteiger partial charge in [0.25, 0.3) is 0 Å². The maximum Gasteiger partial charge on any atom is 0.306 e. The van der Waals surface area contributed by atoms with E-state index in [1.165, 1.54) is 57.8 Å². The minimum atomic E-state index is -1.05. The van der Waals surface area contributed by atoms with Crippen LogP contribution < -0.4 is 16.0 Å². The van der Waals surface area contributed by atoms with Crippen LogP contribution in [0.3, 0.4) is 0 Å². The Hall–Kier alpha value is -1.57. The Morgan fingerprint density at radius 2 is 0.737 bits per heavy atom. The summed E-state index contributed by atoms with van der Waals surface area (Å²) in [6, 6.07) is 0. The zero-order valence-electron chi connectivity index (χ0n) is 47.6. The lowest BCUT2D eigenvalue weighted by Gasteiger charge is -2.12. The number of unbranched alkanes of at least 4 members (excludes halogenated alkanes) is 16. The zero-order chi connectivity index (χ0) is 57.6. The lowest BCUT2D eigenvalue weighted by molar-refractivity contribution is -0.144. The molecular weight excluding hydrogens is 1090 g/mol. The molecule has 0 fully saturated rings. The topological polar surface area (TPSA) is 253 Å². The third kappa shape index (κ3) is 72.4. The summed E-state index contributed by atoms with van der Waals surface area (Å²) in [5, 5.41) is 35.3. The molecule has 0 spiro atoms. The molecule has 0 bridgehead atoms. The van der Waals surface area contributed by atoms with Gasteiger partial charge in [0.1, 0.15) is 19.0 Å². The fraction of sp³-hybridized carbons (Fsp3) is 0.868. The van der Waals surface area contributed by atoms with Crippen molar-refractivity contribution in [2.45, 2.75) is 174 Å². The van der Waals surface area contributed by atoms with E-state index in [0.29, 0.717) is 97.8 Å². The van der Waals surface area contributed by atoms with Crippen molar-refractivity contribution < 1.29 is 67.8 Å². The molecule has 0 unspecified atom stereocenters. The van der Waals surface area contributed by atoms with Crippen molar-refractivity contribution >= 4 is 106 Å². The van der Waals surface area contributed by atoms with Crippen LogP contribution in [0.2, 0.25) is 0 Å². The van der Waals surface area contributed by atoms with Gasteiger partial charge < -0.3 is 50.2 Å². The van der Waals surface area contributed by atoms with E-state index in [0.717, 1.165) is 44.9 Å². The summed E-state index contributed by atoms with van der Waals surface area (Å²) in [6.07, 6.45) is 34.4. The molecule has 76 heavy (non-hydrogen) atoms. The van der Waals surface area contributed by atoms with Gasteiger partial charge in [0, 0.05) is 58.5 Å². The number of ketones is 1. The number of ether oxygens (including phenoxy) is 4. The highest BCUT2D eigenvalue weighted by Crippen LogP contribution is 2.18. The van der Waals surface area contributed by atoms with Gasteiger partial charge in [-0.15, -0.1) is 0 Å². The van der Waals surface area contributed by atoms with E-state index in [-0.39, 0.29) is 62.4 Å². The maximum atomic E-state index is 12.5. The van der Waals surface area contributed by atoms with Gasteiger partial charge in [0.2, 0.25) is 17.7 Å². The molecule has 2 atom stereocenters. The van der Waals surface area contributed by atoms with Gasteiger partial charge in [-0.25, -0.2) is 0 Å². The molecule has 23 heteroatoms. The number of carboxylic acid groups (broad SMARTS) is 3. The third-order valence-electron chi connectivity index (χ3n) is 11.2. The highest BCUT2D eigenvalue weighted by atomic mass is 33.1. The van der Waals surface area contributed by atoms with Gasteiger partial charge in [-0.3, -0.25) is 33.6 Å². The van der Waals surface area contributed by atoms with Gasteiger partial charge in [0.15, 0.2) is 0 Å². The molecule has 17 nitrogen and oxygen atoms in total. The van der Waals surface area contributed by atoms with Crippen LogP contribution in [0.15, 0.2) is 0 Å². The van der Waals surface area contributed by atoms with Crippen LogP contribution in [0, 0.1) is 11.8 Å². The summed E-state index contributed by atoms with van der Waals surface area (Å²) >= 11 is 0. The van der Waals surface area contributed by atoms with Crippen LogP contribution in [0.25, 0.3) is 0 Å². The summed E-state index contributed by atoms with van der Waals surface area (Å²) in [7, 11) is 10.6. The number of carboxylic acids is 3. The molecule has 450 valence electrons. The summed E-state index contributed by atoms with van der Waals surface area (Å²) in [5.41, 5.74) is 0. The smallest absolute Gasteiger partial charge is 0.306 e. The maximum absolute atomic E-state index is 12.5. The number of carbonyl (C=O) groups excluding carboxylic acids is 4. The van der Waals surface area contributed by atoms with Gasteiger partial charge in [-0.05, 0) is 82.5 Å². The van der Waals surface area contributed by atoms with Crippen LogP contribution in [-0.4, -0.2) is 167 Å². The Balaban J connectivity index is -0.00000193. The molecule has 0 aliphatic rings. The Morgan fingerprint density at radius 1 is 0.382 bits per heavy atom. The van der Waals surface area contributed by atoms with Crippen molar-refractivity contribution in [2.75, 3.05) is 110 Å². The first-order chi connectivity index (χ1) is 36.7. The molecule has 0 aromatic heterocycles. The average Bonchev–Trinajstić information content (AvgIpc) is 3.40. The molecular formula is C53H103N3O14S6. The van der Waals surface area contributed by atoms with Crippen molar-refractivity contribution in [1.29, 1.82) is 0 Å². The highest BCUT2D eigenvalue weighted by molar-refractivity contribution is 8.76. The van der Waals surface area contributed by atoms with E-state index < -0.39 is 29.7 Å². The Bertz CT molecular complexity index is 1350. The number of hydrogen-bond acceptors (Lipinski definition) is 17. The third-order valence-corrected chi connectivity index (χ3v) is 15.2. The number of carbonyl (C=O) groups is 7. The van der Waals surface area contributed by atoms with Crippen molar-refractivity contribution in [2.24, 2.45) is 11.8 Å². The lowest BCUT2D eigenvalue weighted by atomic mass is 9.94. The first kappa shape index (κ1) is 80.9. The van der Waals surface area contributed by atoms with Crippen LogP contribution >= 0.6 is 64.8 Å². The number of Topliss-reactive ketones (excluding diaryl/α,β-unsaturated/α-hetero) is 1. The summed E-state index contributed by atoms with van der Waals surface area (Å²) in [6.45, 7) is 4.81. The zero-order valence-corrected chi connectivity index (χ0v) is 52.5. The molecule has 0 saturated heterocycles. The van der Waals surface area contributed by atoms with Crippen LogP contribution in [0.4, 0.5) is 0 Å². The predicted molar refractivity (Wildman–Crippen MR) is 324 cm³/mol. The second kappa shape index (κ2) is 67.7. The van der Waals surface area contributed by atoms with Crippen LogP contribution in [-0.2, 0) is 52.5 Å². The van der Waals surface area contributed by atoms with Crippen molar-refractivity contribution in [1.82, 2.24) is 16.0 Å².